The number of rotatable bonds is 4. The molecule has 0 aliphatic carbocycles. The molecule has 1 fully saturated rings. The number of nitrogens with zero attached hydrogens (tertiary/aromatic N) is 3. The molecule has 1 saturated heterocycles. The lowest BCUT2D eigenvalue weighted by atomic mass is 10.1. The molecule has 3 rings (SSSR count). The van der Waals surface area contributed by atoms with Crippen LogP contribution in [0.4, 0.5) is 5.69 Å². The minimum Gasteiger partial charge on any atom is -0.391 e. The maximum Gasteiger partial charge on any atom is 0.256 e. The van der Waals surface area contributed by atoms with Crippen LogP contribution in [0.2, 0.25) is 0 Å². The molecule has 1 aliphatic rings. The molecule has 1 atom stereocenters. The van der Waals surface area contributed by atoms with Crippen molar-refractivity contribution in [2.75, 3.05) is 18.4 Å². The van der Waals surface area contributed by atoms with E-state index >= 15 is 0 Å². The number of amides is 1. The SMILES string of the molecule is Cn1nccc1CNc1ccccc1C(=O)N1CCCC(O)C1. The Morgan fingerprint density at radius 3 is 2.96 bits per heavy atom. The van der Waals surface area contributed by atoms with E-state index in [0.29, 0.717) is 25.2 Å². The molecule has 2 N–H and O–H groups in total. The number of piperidine rings is 1. The van der Waals surface area contributed by atoms with Crippen molar-refractivity contribution in [3.8, 4) is 0 Å². The maximum absolute atomic E-state index is 12.8. The monoisotopic (exact) mass is 314 g/mol. The smallest absolute Gasteiger partial charge is 0.256 e. The van der Waals surface area contributed by atoms with E-state index in [2.05, 4.69) is 10.4 Å². The van der Waals surface area contributed by atoms with Gasteiger partial charge in [-0.25, -0.2) is 0 Å². The van der Waals surface area contributed by atoms with Crippen molar-refractivity contribution in [1.29, 1.82) is 0 Å². The first kappa shape index (κ1) is 15.6. The van der Waals surface area contributed by atoms with Gasteiger partial charge in [0.15, 0.2) is 0 Å². The molecule has 122 valence electrons. The molecular formula is C17H22N4O2. The first-order chi connectivity index (χ1) is 11.1. The van der Waals surface area contributed by atoms with Crippen LogP contribution in [0, 0.1) is 0 Å². The van der Waals surface area contributed by atoms with Gasteiger partial charge in [-0.15, -0.1) is 0 Å². The number of likely N-dealkylation sites (tertiary alicyclic amines) is 1. The van der Waals surface area contributed by atoms with E-state index in [1.165, 1.54) is 0 Å². The van der Waals surface area contributed by atoms with Gasteiger partial charge in [0, 0.05) is 32.0 Å². The summed E-state index contributed by atoms with van der Waals surface area (Å²) in [5, 5.41) is 17.2. The van der Waals surface area contributed by atoms with Crippen LogP contribution in [-0.4, -0.2) is 44.9 Å². The van der Waals surface area contributed by atoms with Crippen molar-refractivity contribution in [2.24, 2.45) is 7.05 Å². The summed E-state index contributed by atoms with van der Waals surface area (Å²) in [6.07, 6.45) is 2.95. The summed E-state index contributed by atoms with van der Waals surface area (Å²) in [6.45, 7) is 1.71. The van der Waals surface area contributed by atoms with Crippen LogP contribution in [0.15, 0.2) is 36.5 Å². The fourth-order valence-electron chi connectivity index (χ4n) is 2.89. The quantitative estimate of drug-likeness (QED) is 0.900. The number of carbonyl (C=O) groups excluding carboxylic acids is 1. The van der Waals surface area contributed by atoms with Crippen LogP contribution < -0.4 is 5.32 Å². The lowest BCUT2D eigenvalue weighted by Crippen LogP contribution is -2.42. The largest absolute Gasteiger partial charge is 0.391 e. The summed E-state index contributed by atoms with van der Waals surface area (Å²) in [4.78, 5) is 14.5. The minimum absolute atomic E-state index is 0.0307. The van der Waals surface area contributed by atoms with Crippen molar-refractivity contribution in [1.82, 2.24) is 14.7 Å². The molecule has 1 amide bonds. The number of para-hydroxylation sites is 1. The lowest BCUT2D eigenvalue weighted by Gasteiger charge is -2.30. The second kappa shape index (κ2) is 6.83. The summed E-state index contributed by atoms with van der Waals surface area (Å²) in [7, 11) is 1.89. The highest BCUT2D eigenvalue weighted by Crippen LogP contribution is 2.20. The van der Waals surface area contributed by atoms with Gasteiger partial charge < -0.3 is 15.3 Å². The van der Waals surface area contributed by atoms with E-state index in [-0.39, 0.29) is 5.91 Å². The van der Waals surface area contributed by atoms with Crippen molar-refractivity contribution in [3.05, 3.63) is 47.8 Å². The topological polar surface area (TPSA) is 70.4 Å². The van der Waals surface area contributed by atoms with Crippen LogP contribution in [0.3, 0.4) is 0 Å². The van der Waals surface area contributed by atoms with Gasteiger partial charge >= 0.3 is 0 Å². The molecule has 2 heterocycles. The zero-order chi connectivity index (χ0) is 16.2. The molecule has 6 heteroatoms. The Morgan fingerprint density at radius 1 is 1.39 bits per heavy atom. The summed E-state index contributed by atoms with van der Waals surface area (Å²) in [5.41, 5.74) is 2.49. The first-order valence-corrected chi connectivity index (χ1v) is 7.92. The zero-order valence-electron chi connectivity index (χ0n) is 13.3. The van der Waals surface area contributed by atoms with Crippen molar-refractivity contribution >= 4 is 11.6 Å². The Balaban J connectivity index is 1.74. The van der Waals surface area contributed by atoms with Crippen LogP contribution in [-0.2, 0) is 13.6 Å². The van der Waals surface area contributed by atoms with Gasteiger partial charge in [0.05, 0.1) is 23.9 Å². The second-order valence-corrected chi connectivity index (χ2v) is 5.89. The van der Waals surface area contributed by atoms with Crippen molar-refractivity contribution < 1.29 is 9.90 Å². The third-order valence-electron chi connectivity index (χ3n) is 4.22. The Kier molecular flexibility index (Phi) is 4.62. The van der Waals surface area contributed by atoms with E-state index in [0.717, 1.165) is 24.2 Å². The standard InChI is InChI=1S/C17H22N4O2/c1-20-13(8-9-19-20)11-18-16-7-3-2-6-15(16)17(23)21-10-4-5-14(22)12-21/h2-3,6-9,14,18,22H,4-5,10-12H2,1H3. The number of aliphatic hydroxyl groups is 1. The Morgan fingerprint density at radius 2 is 2.22 bits per heavy atom. The number of anilines is 1. The number of benzene rings is 1. The molecule has 23 heavy (non-hydrogen) atoms. The van der Waals surface area contributed by atoms with Gasteiger partial charge in [-0.1, -0.05) is 12.1 Å². The van der Waals surface area contributed by atoms with Crippen LogP contribution in [0.1, 0.15) is 28.9 Å². The summed E-state index contributed by atoms with van der Waals surface area (Å²) >= 11 is 0. The number of hydrogen-bond donors (Lipinski definition) is 2. The van der Waals surface area contributed by atoms with Gasteiger partial charge in [0.2, 0.25) is 0 Å². The van der Waals surface area contributed by atoms with E-state index in [9.17, 15) is 9.90 Å². The molecule has 1 aliphatic heterocycles. The van der Waals surface area contributed by atoms with Crippen LogP contribution >= 0.6 is 0 Å². The fourth-order valence-corrected chi connectivity index (χ4v) is 2.89. The average Bonchev–Trinajstić information content (AvgIpc) is 2.97. The van der Waals surface area contributed by atoms with Gasteiger partial charge in [-0.05, 0) is 31.0 Å². The second-order valence-electron chi connectivity index (χ2n) is 5.89. The molecule has 2 aromatic rings. The van der Waals surface area contributed by atoms with Gasteiger partial charge in [0.25, 0.3) is 5.91 Å². The summed E-state index contributed by atoms with van der Waals surface area (Å²) in [5.74, 6) is -0.0307. The van der Waals surface area contributed by atoms with Crippen LogP contribution in [0.25, 0.3) is 0 Å². The van der Waals surface area contributed by atoms with E-state index < -0.39 is 6.10 Å². The van der Waals surface area contributed by atoms with Gasteiger partial charge in [0.1, 0.15) is 0 Å². The molecule has 0 saturated carbocycles. The summed E-state index contributed by atoms with van der Waals surface area (Å²) in [6, 6.07) is 9.45. The van der Waals surface area contributed by atoms with Gasteiger partial charge in [-0.3, -0.25) is 9.48 Å². The molecule has 1 unspecified atom stereocenters. The number of aromatic nitrogens is 2. The van der Waals surface area contributed by atoms with E-state index in [4.69, 9.17) is 0 Å². The van der Waals surface area contributed by atoms with Crippen molar-refractivity contribution in [3.63, 3.8) is 0 Å². The highest BCUT2D eigenvalue weighted by molar-refractivity contribution is 5.99. The number of nitrogens with one attached hydrogen (secondary N) is 1. The number of aryl methyl sites for hydroxylation is 1. The first-order valence-electron chi connectivity index (χ1n) is 7.92. The number of carbonyl (C=O) groups is 1. The molecular weight excluding hydrogens is 292 g/mol. The molecule has 0 spiro atoms. The van der Waals surface area contributed by atoms with Crippen molar-refractivity contribution in [2.45, 2.75) is 25.5 Å². The third-order valence-corrected chi connectivity index (χ3v) is 4.22. The number of aliphatic hydroxyl groups excluding tert-OH is 1. The Hall–Kier alpha value is -2.34. The van der Waals surface area contributed by atoms with Gasteiger partial charge in [-0.2, -0.15) is 5.10 Å². The lowest BCUT2D eigenvalue weighted by molar-refractivity contribution is 0.0474. The fraction of sp³-hybridized carbons (Fsp3) is 0.412. The maximum atomic E-state index is 12.8. The molecule has 1 aromatic heterocycles. The molecule has 1 aromatic carbocycles. The van der Waals surface area contributed by atoms with E-state index in [1.54, 1.807) is 15.8 Å². The average molecular weight is 314 g/mol. The predicted molar refractivity (Wildman–Crippen MR) is 88.1 cm³/mol. The van der Waals surface area contributed by atoms with E-state index in [1.807, 2.05) is 37.4 Å². The highest BCUT2D eigenvalue weighted by Gasteiger charge is 2.24. The zero-order valence-corrected chi connectivity index (χ0v) is 13.3. The number of hydrogen-bond acceptors (Lipinski definition) is 4. The molecule has 6 nitrogen and oxygen atoms in total. The Bertz CT molecular complexity index is 683. The highest BCUT2D eigenvalue weighted by atomic mass is 16.3. The predicted octanol–water partition coefficient (Wildman–Crippen LogP) is 1.63. The number of β-amino-alcohol motifs (C(OH)–C–C–N with tert-alkyl or cyclic N) is 1. The minimum atomic E-state index is -0.415. The molecule has 0 radical (unpaired) electrons. The summed E-state index contributed by atoms with van der Waals surface area (Å²) < 4.78 is 1.80. The third kappa shape index (κ3) is 3.53. The Labute approximate surface area is 135 Å². The molecule has 0 bridgehead atoms. The van der Waals surface area contributed by atoms with Crippen LogP contribution in [0.5, 0.6) is 0 Å². The normalized spacial score (nSPS) is 18.0.